The smallest absolute Gasteiger partial charge is 0.337 e. The maximum absolute atomic E-state index is 11.4. The number of methoxy groups -OCH3 is 1. The van der Waals surface area contributed by atoms with E-state index in [4.69, 9.17) is 17.0 Å². The summed E-state index contributed by atoms with van der Waals surface area (Å²) < 4.78 is 11.3. The van der Waals surface area contributed by atoms with Crippen molar-refractivity contribution in [2.24, 2.45) is 0 Å². The van der Waals surface area contributed by atoms with Gasteiger partial charge in [-0.1, -0.05) is 32.1 Å². The second-order valence-corrected chi connectivity index (χ2v) is 6.60. The molecule has 0 aliphatic heterocycles. The molecule has 0 aromatic heterocycles. The summed E-state index contributed by atoms with van der Waals surface area (Å²) in [7, 11) is 1.34. The van der Waals surface area contributed by atoms with Gasteiger partial charge < -0.3 is 9.47 Å². The van der Waals surface area contributed by atoms with E-state index >= 15 is 0 Å². The second-order valence-electron chi connectivity index (χ2n) is 3.89. The average molecular weight is 417 g/mol. The summed E-state index contributed by atoms with van der Waals surface area (Å²) in [6, 6.07) is 4.94. The average Bonchev–Trinajstić information content (AvgIpc) is 2.55. The van der Waals surface area contributed by atoms with E-state index < -0.39 is 5.97 Å². The number of carbonyl (C=O) groups excluding carboxylic acids is 1. The van der Waals surface area contributed by atoms with E-state index in [1.54, 1.807) is 18.2 Å². The van der Waals surface area contributed by atoms with Crippen molar-refractivity contribution in [1.82, 2.24) is 0 Å². The number of esters is 1. The number of hydrogen-bond acceptors (Lipinski definition) is 5. The lowest BCUT2D eigenvalue weighted by Crippen LogP contribution is -2.04. The molecule has 0 unspecified atom stereocenters. The Bertz CT molecular complexity index is 596. The van der Waals surface area contributed by atoms with Crippen molar-refractivity contribution in [3.05, 3.63) is 51.4 Å². The lowest BCUT2D eigenvalue weighted by Gasteiger charge is -2.09. The van der Waals surface area contributed by atoms with Crippen LogP contribution in [0.25, 0.3) is 0 Å². The van der Waals surface area contributed by atoms with Crippen molar-refractivity contribution in [3.8, 4) is 5.75 Å². The summed E-state index contributed by atoms with van der Waals surface area (Å²) in [5.41, 5.74) is 0.444. The summed E-state index contributed by atoms with van der Waals surface area (Å²) in [6.45, 7) is 7.90. The molecule has 3 nitrogen and oxygen atoms in total. The minimum atomic E-state index is -0.399. The Morgan fingerprint density at radius 2 is 2.00 bits per heavy atom. The summed E-state index contributed by atoms with van der Waals surface area (Å²) in [5, 5.41) is 0. The van der Waals surface area contributed by atoms with Crippen molar-refractivity contribution in [2.45, 2.75) is 27.7 Å². The Kier molecular flexibility index (Phi) is 11.7. The molecular weight excluding hydrogens is 396 g/mol. The number of benzene rings is 1. The van der Waals surface area contributed by atoms with Crippen LogP contribution >= 0.6 is 39.9 Å². The molecule has 0 aliphatic rings. The summed E-state index contributed by atoms with van der Waals surface area (Å²) in [5.74, 6) is 0.156. The molecule has 0 fully saturated rings. The zero-order valence-corrected chi connectivity index (χ0v) is 17.1. The largest absolute Gasteiger partial charge is 0.465 e. The van der Waals surface area contributed by atoms with Gasteiger partial charge in [0.15, 0.2) is 0 Å². The third-order valence-electron chi connectivity index (χ3n) is 2.31. The van der Waals surface area contributed by atoms with Crippen molar-refractivity contribution in [3.63, 3.8) is 0 Å². The molecule has 0 bridgehead atoms. The topological polar surface area (TPSA) is 35.5 Å². The lowest BCUT2D eigenvalue weighted by atomic mass is 10.2. The standard InChI is InChI=1S/C15H15BrO3S2.C2H6/c1-4-5-6-10(2)21-15(20)19-13-8-7-11(9-12(13)16)14(17)18-3;1-2/h4-9H,1-3H3;1-2H3/b5-4-,10-6+;. The fourth-order valence-corrected chi connectivity index (χ4v) is 2.82. The summed E-state index contributed by atoms with van der Waals surface area (Å²) in [4.78, 5) is 12.4. The first-order chi connectivity index (χ1) is 11.0. The minimum Gasteiger partial charge on any atom is -0.465 e. The fourth-order valence-electron chi connectivity index (χ4n) is 1.34. The van der Waals surface area contributed by atoms with Gasteiger partial charge in [-0.2, -0.15) is 0 Å². The van der Waals surface area contributed by atoms with E-state index in [0.29, 0.717) is 20.2 Å². The number of halogens is 1. The third-order valence-corrected chi connectivity index (χ3v) is 3.98. The number of allylic oxidation sites excluding steroid dienone is 4. The zero-order chi connectivity index (χ0) is 17.8. The Labute approximate surface area is 156 Å². The van der Waals surface area contributed by atoms with E-state index in [1.165, 1.54) is 18.9 Å². The van der Waals surface area contributed by atoms with Gasteiger partial charge in [-0.15, -0.1) is 0 Å². The zero-order valence-electron chi connectivity index (χ0n) is 13.9. The highest BCUT2D eigenvalue weighted by atomic mass is 79.9. The van der Waals surface area contributed by atoms with Crippen LogP contribution in [0.3, 0.4) is 0 Å². The number of rotatable bonds is 4. The molecular formula is C17H21BrO3S2. The number of thioether (sulfide) groups is 1. The molecule has 6 heteroatoms. The van der Waals surface area contributed by atoms with Gasteiger partial charge in [0.25, 0.3) is 0 Å². The fraction of sp³-hybridized carbons (Fsp3) is 0.294. The van der Waals surface area contributed by atoms with Crippen LogP contribution in [0, 0.1) is 0 Å². The maximum atomic E-state index is 11.4. The minimum absolute atomic E-state index is 0.389. The van der Waals surface area contributed by atoms with Crippen molar-refractivity contribution in [1.29, 1.82) is 0 Å². The van der Waals surface area contributed by atoms with Crippen LogP contribution < -0.4 is 4.74 Å². The molecule has 0 amide bonds. The molecule has 1 rings (SSSR count). The lowest BCUT2D eigenvalue weighted by molar-refractivity contribution is 0.0600. The molecule has 0 atom stereocenters. The number of carbonyl (C=O) groups is 1. The quantitative estimate of drug-likeness (QED) is 0.334. The van der Waals surface area contributed by atoms with Crippen LogP contribution in [-0.4, -0.2) is 17.5 Å². The van der Waals surface area contributed by atoms with E-state index in [2.05, 4.69) is 20.7 Å². The number of hydrogen-bond donors (Lipinski definition) is 0. The van der Waals surface area contributed by atoms with Crippen LogP contribution in [0.15, 0.2) is 45.8 Å². The van der Waals surface area contributed by atoms with Gasteiger partial charge in [0.05, 0.1) is 17.1 Å². The predicted octanol–water partition coefficient (Wildman–Crippen LogP) is 6.14. The molecule has 1 aromatic rings. The van der Waals surface area contributed by atoms with Gasteiger partial charge in [-0.05, 0) is 76.9 Å². The Balaban J connectivity index is 0.00000232. The third kappa shape index (κ3) is 8.34. The molecule has 0 N–H and O–H groups in total. The van der Waals surface area contributed by atoms with E-state index in [1.807, 2.05) is 45.9 Å². The van der Waals surface area contributed by atoms with E-state index in [0.717, 1.165) is 4.91 Å². The maximum Gasteiger partial charge on any atom is 0.337 e. The highest BCUT2D eigenvalue weighted by Gasteiger charge is 2.11. The Morgan fingerprint density at radius 3 is 2.52 bits per heavy atom. The molecule has 0 saturated carbocycles. The predicted molar refractivity (Wildman–Crippen MR) is 106 cm³/mol. The van der Waals surface area contributed by atoms with E-state index in [9.17, 15) is 4.79 Å². The first kappa shape index (κ1) is 21.9. The van der Waals surface area contributed by atoms with Gasteiger partial charge in [0, 0.05) is 0 Å². The van der Waals surface area contributed by atoms with Gasteiger partial charge in [0.2, 0.25) is 4.38 Å². The van der Waals surface area contributed by atoms with Crippen LogP contribution in [0.1, 0.15) is 38.1 Å². The second kappa shape index (κ2) is 12.3. The summed E-state index contributed by atoms with van der Waals surface area (Å²) in [6.07, 6.45) is 5.83. The monoisotopic (exact) mass is 416 g/mol. The highest BCUT2D eigenvalue weighted by molar-refractivity contribution is 9.10. The van der Waals surface area contributed by atoms with Crippen molar-refractivity contribution >= 4 is 50.3 Å². The first-order valence-corrected chi connectivity index (χ1v) is 9.06. The molecule has 0 spiro atoms. The SMILES string of the molecule is C/C=C\C=C(/C)SC(=S)Oc1ccc(C(=O)OC)cc1Br.CC. The van der Waals surface area contributed by atoms with Crippen molar-refractivity contribution in [2.75, 3.05) is 7.11 Å². The Hall–Kier alpha value is -1.11. The number of ether oxygens (including phenoxy) is 2. The molecule has 1 aromatic carbocycles. The highest BCUT2D eigenvalue weighted by Crippen LogP contribution is 2.29. The first-order valence-electron chi connectivity index (χ1n) is 7.05. The van der Waals surface area contributed by atoms with Crippen molar-refractivity contribution < 1.29 is 14.3 Å². The molecule has 126 valence electrons. The van der Waals surface area contributed by atoms with Crippen LogP contribution in [0.2, 0.25) is 0 Å². The normalized spacial score (nSPS) is 10.8. The molecule has 0 aliphatic carbocycles. The molecule has 0 saturated heterocycles. The van der Waals surface area contributed by atoms with Crippen LogP contribution in [-0.2, 0) is 4.74 Å². The molecule has 0 radical (unpaired) electrons. The van der Waals surface area contributed by atoms with Gasteiger partial charge >= 0.3 is 5.97 Å². The molecule has 23 heavy (non-hydrogen) atoms. The van der Waals surface area contributed by atoms with Crippen LogP contribution in [0.4, 0.5) is 0 Å². The molecule has 0 heterocycles. The summed E-state index contributed by atoms with van der Waals surface area (Å²) >= 11 is 9.91. The van der Waals surface area contributed by atoms with Gasteiger partial charge in [-0.25, -0.2) is 4.79 Å². The van der Waals surface area contributed by atoms with Gasteiger partial charge in [-0.3, -0.25) is 0 Å². The van der Waals surface area contributed by atoms with Crippen LogP contribution in [0.5, 0.6) is 5.75 Å². The van der Waals surface area contributed by atoms with Gasteiger partial charge in [0.1, 0.15) is 5.75 Å². The number of thiocarbonyl (C=S) groups is 1. The Morgan fingerprint density at radius 1 is 1.35 bits per heavy atom. The van der Waals surface area contributed by atoms with E-state index in [-0.39, 0.29) is 0 Å².